The number of hydrogen-bond acceptors (Lipinski definition) is 3. The first-order chi connectivity index (χ1) is 6.93. The van der Waals surface area contributed by atoms with Gasteiger partial charge in [0.05, 0.1) is 0 Å². The molecule has 0 radical (unpaired) electrons. The molecule has 82 valence electrons. The molecule has 1 atom stereocenters. The fourth-order valence-electron chi connectivity index (χ4n) is 1.35. The van der Waals surface area contributed by atoms with Crippen molar-refractivity contribution in [1.29, 1.82) is 0 Å². The highest BCUT2D eigenvalue weighted by atomic mass is 16.4. The molecule has 1 aromatic carbocycles. The lowest BCUT2D eigenvalue weighted by molar-refractivity contribution is -0.138. The first-order valence-corrected chi connectivity index (χ1v) is 4.81. The average molecular weight is 208 g/mol. The summed E-state index contributed by atoms with van der Waals surface area (Å²) >= 11 is 0. The van der Waals surface area contributed by atoms with E-state index in [0.29, 0.717) is 17.2 Å². The second-order valence-electron chi connectivity index (χ2n) is 3.86. The molecule has 5 N–H and O–H groups in total. The van der Waals surface area contributed by atoms with E-state index in [1.165, 1.54) is 0 Å². The Labute approximate surface area is 88.9 Å². The fourth-order valence-corrected chi connectivity index (χ4v) is 1.35. The molecule has 0 saturated carbocycles. The summed E-state index contributed by atoms with van der Waals surface area (Å²) in [7, 11) is 0. The normalized spacial score (nSPS) is 12.8. The summed E-state index contributed by atoms with van der Waals surface area (Å²) < 4.78 is 0. The van der Waals surface area contributed by atoms with E-state index in [1.807, 2.05) is 19.9 Å². The van der Waals surface area contributed by atoms with Crippen LogP contribution >= 0.6 is 0 Å². The zero-order valence-corrected chi connectivity index (χ0v) is 8.90. The standard InChI is InChI=1S/C11H16N2O2/c1-6(2)7-3-4-9(12)8(5-7)10(13)11(14)15/h3-6,10H,12-13H2,1-2H3,(H,14,15)/t10-/m0/s1. The third-order valence-electron chi connectivity index (χ3n) is 2.38. The number of nitrogen functional groups attached to an aromatic ring is 1. The molecule has 0 aromatic heterocycles. The topological polar surface area (TPSA) is 89.3 Å². The van der Waals surface area contributed by atoms with Gasteiger partial charge in [0.1, 0.15) is 6.04 Å². The number of hydrogen-bond donors (Lipinski definition) is 3. The summed E-state index contributed by atoms with van der Waals surface area (Å²) in [6.45, 7) is 4.06. The maximum Gasteiger partial charge on any atom is 0.325 e. The van der Waals surface area contributed by atoms with Gasteiger partial charge in [-0.1, -0.05) is 26.0 Å². The number of aliphatic carboxylic acids is 1. The van der Waals surface area contributed by atoms with Crippen LogP contribution in [-0.2, 0) is 4.79 Å². The molecule has 0 heterocycles. The summed E-state index contributed by atoms with van der Waals surface area (Å²) in [6, 6.07) is 4.30. The van der Waals surface area contributed by atoms with Gasteiger partial charge < -0.3 is 16.6 Å². The maximum absolute atomic E-state index is 10.8. The quantitative estimate of drug-likeness (QED) is 0.656. The van der Waals surface area contributed by atoms with Crippen LogP contribution in [0, 0.1) is 0 Å². The van der Waals surface area contributed by atoms with Crippen molar-refractivity contribution in [3.8, 4) is 0 Å². The van der Waals surface area contributed by atoms with Crippen LogP contribution < -0.4 is 11.5 Å². The molecule has 0 amide bonds. The summed E-state index contributed by atoms with van der Waals surface area (Å²) in [5.74, 6) is -0.743. The molecular formula is C11H16N2O2. The summed E-state index contributed by atoms with van der Waals surface area (Å²) in [4.78, 5) is 10.8. The van der Waals surface area contributed by atoms with E-state index >= 15 is 0 Å². The highest BCUT2D eigenvalue weighted by Crippen LogP contribution is 2.24. The van der Waals surface area contributed by atoms with Crippen molar-refractivity contribution >= 4 is 11.7 Å². The van der Waals surface area contributed by atoms with Gasteiger partial charge in [-0.2, -0.15) is 0 Å². The van der Waals surface area contributed by atoms with E-state index in [0.717, 1.165) is 5.56 Å². The summed E-state index contributed by atoms with van der Waals surface area (Å²) in [6.07, 6.45) is 0. The molecule has 15 heavy (non-hydrogen) atoms. The Hall–Kier alpha value is -1.55. The molecule has 0 aliphatic rings. The Bertz CT molecular complexity index is 375. The van der Waals surface area contributed by atoms with Crippen molar-refractivity contribution in [2.75, 3.05) is 5.73 Å². The Balaban J connectivity index is 3.16. The molecule has 4 nitrogen and oxygen atoms in total. The van der Waals surface area contributed by atoms with Crippen molar-refractivity contribution in [2.45, 2.75) is 25.8 Å². The van der Waals surface area contributed by atoms with Gasteiger partial charge in [0, 0.05) is 11.3 Å². The molecule has 0 aliphatic heterocycles. The minimum Gasteiger partial charge on any atom is -0.480 e. The molecule has 0 saturated heterocycles. The van der Waals surface area contributed by atoms with Gasteiger partial charge in [-0.25, -0.2) is 0 Å². The van der Waals surface area contributed by atoms with Crippen LogP contribution in [-0.4, -0.2) is 11.1 Å². The van der Waals surface area contributed by atoms with E-state index in [1.54, 1.807) is 12.1 Å². The number of carboxylic acids is 1. The lowest BCUT2D eigenvalue weighted by Crippen LogP contribution is -2.22. The van der Waals surface area contributed by atoms with Crippen LogP contribution in [0.1, 0.15) is 36.9 Å². The Morgan fingerprint density at radius 2 is 2.00 bits per heavy atom. The van der Waals surface area contributed by atoms with Gasteiger partial charge in [0.15, 0.2) is 0 Å². The largest absolute Gasteiger partial charge is 0.480 e. The van der Waals surface area contributed by atoms with Crippen LogP contribution in [0.5, 0.6) is 0 Å². The van der Waals surface area contributed by atoms with Gasteiger partial charge in [0.2, 0.25) is 0 Å². The number of carbonyl (C=O) groups is 1. The van der Waals surface area contributed by atoms with E-state index in [9.17, 15) is 4.79 Å². The van der Waals surface area contributed by atoms with Crippen LogP contribution in [0.2, 0.25) is 0 Å². The number of benzene rings is 1. The molecular weight excluding hydrogens is 192 g/mol. The van der Waals surface area contributed by atoms with E-state index in [4.69, 9.17) is 16.6 Å². The Morgan fingerprint density at radius 1 is 1.40 bits per heavy atom. The van der Waals surface area contributed by atoms with Gasteiger partial charge in [-0.3, -0.25) is 4.79 Å². The molecule has 0 bridgehead atoms. The fraction of sp³-hybridized carbons (Fsp3) is 0.364. The van der Waals surface area contributed by atoms with Gasteiger partial charge in [-0.15, -0.1) is 0 Å². The van der Waals surface area contributed by atoms with Crippen LogP contribution in [0.15, 0.2) is 18.2 Å². The van der Waals surface area contributed by atoms with E-state index in [2.05, 4.69) is 0 Å². The van der Waals surface area contributed by atoms with Crippen LogP contribution in [0.25, 0.3) is 0 Å². The van der Waals surface area contributed by atoms with Crippen molar-refractivity contribution in [2.24, 2.45) is 5.73 Å². The second kappa shape index (κ2) is 4.31. The van der Waals surface area contributed by atoms with Gasteiger partial charge in [-0.05, 0) is 17.5 Å². The maximum atomic E-state index is 10.8. The molecule has 4 heteroatoms. The van der Waals surface area contributed by atoms with Crippen LogP contribution in [0.3, 0.4) is 0 Å². The Morgan fingerprint density at radius 3 is 2.47 bits per heavy atom. The monoisotopic (exact) mass is 208 g/mol. The first kappa shape index (κ1) is 11.5. The van der Waals surface area contributed by atoms with Crippen molar-refractivity contribution in [3.05, 3.63) is 29.3 Å². The third-order valence-corrected chi connectivity index (χ3v) is 2.38. The summed E-state index contributed by atoms with van der Waals surface area (Å²) in [5.41, 5.74) is 13.2. The SMILES string of the molecule is CC(C)c1ccc(N)c([C@H](N)C(=O)O)c1. The van der Waals surface area contributed by atoms with Crippen molar-refractivity contribution < 1.29 is 9.90 Å². The predicted molar refractivity (Wildman–Crippen MR) is 59.5 cm³/mol. The van der Waals surface area contributed by atoms with Crippen LogP contribution in [0.4, 0.5) is 5.69 Å². The average Bonchev–Trinajstić information content (AvgIpc) is 2.16. The van der Waals surface area contributed by atoms with Crippen molar-refractivity contribution in [1.82, 2.24) is 0 Å². The molecule has 0 spiro atoms. The zero-order chi connectivity index (χ0) is 11.6. The lowest BCUT2D eigenvalue weighted by Gasteiger charge is -2.13. The van der Waals surface area contributed by atoms with Gasteiger partial charge >= 0.3 is 5.97 Å². The number of rotatable bonds is 3. The number of nitrogens with two attached hydrogens (primary N) is 2. The lowest BCUT2D eigenvalue weighted by atomic mass is 9.96. The predicted octanol–water partition coefficient (Wildman–Crippen LogP) is 1.48. The number of anilines is 1. The molecule has 1 rings (SSSR count). The van der Waals surface area contributed by atoms with E-state index in [-0.39, 0.29) is 0 Å². The Kier molecular flexibility index (Phi) is 3.31. The third kappa shape index (κ3) is 2.47. The van der Waals surface area contributed by atoms with Crippen molar-refractivity contribution in [3.63, 3.8) is 0 Å². The minimum atomic E-state index is -1.07. The van der Waals surface area contributed by atoms with E-state index < -0.39 is 12.0 Å². The molecule has 1 aromatic rings. The molecule has 0 fully saturated rings. The smallest absolute Gasteiger partial charge is 0.325 e. The van der Waals surface area contributed by atoms with Gasteiger partial charge in [0.25, 0.3) is 0 Å². The zero-order valence-electron chi connectivity index (χ0n) is 8.90. The minimum absolute atomic E-state index is 0.324. The molecule has 0 aliphatic carbocycles. The highest BCUT2D eigenvalue weighted by Gasteiger charge is 2.17. The number of carboxylic acid groups (broad SMARTS) is 1. The molecule has 0 unspecified atom stereocenters. The first-order valence-electron chi connectivity index (χ1n) is 4.81. The highest BCUT2D eigenvalue weighted by molar-refractivity contribution is 5.77. The summed E-state index contributed by atoms with van der Waals surface area (Å²) in [5, 5.41) is 8.81. The second-order valence-corrected chi connectivity index (χ2v) is 3.86.